The first-order valence-corrected chi connectivity index (χ1v) is 6.15. The maximum absolute atomic E-state index is 11.8. The first-order valence-electron chi connectivity index (χ1n) is 5.77. The van der Waals surface area contributed by atoms with Gasteiger partial charge in [0.15, 0.2) is 0 Å². The lowest BCUT2D eigenvalue weighted by Crippen LogP contribution is -2.19. The van der Waals surface area contributed by atoms with E-state index in [-0.39, 0.29) is 11.6 Å². The number of aromatic nitrogens is 1. The number of H-pyrrole nitrogens is 1. The number of halogens is 1. The summed E-state index contributed by atoms with van der Waals surface area (Å²) in [5, 5.41) is 1.36. The molecule has 2 rings (SSSR count). The van der Waals surface area contributed by atoms with Crippen molar-refractivity contribution in [2.45, 2.75) is 19.9 Å². The zero-order chi connectivity index (χ0) is 13.3. The SMILES string of the molecule is CCOc1cc2[nH]c(=O)c(C(C)N)cc2cc1Cl. The van der Waals surface area contributed by atoms with Crippen LogP contribution in [0, 0.1) is 0 Å². The summed E-state index contributed by atoms with van der Waals surface area (Å²) in [6.07, 6.45) is 0. The van der Waals surface area contributed by atoms with Crippen LogP contribution in [0.3, 0.4) is 0 Å². The highest BCUT2D eigenvalue weighted by molar-refractivity contribution is 6.32. The van der Waals surface area contributed by atoms with Crippen LogP contribution in [0.4, 0.5) is 0 Å². The Morgan fingerprint density at radius 1 is 1.44 bits per heavy atom. The number of rotatable bonds is 3. The third-order valence-electron chi connectivity index (χ3n) is 2.72. The maximum atomic E-state index is 11.8. The second kappa shape index (κ2) is 5.00. The van der Waals surface area contributed by atoms with E-state index < -0.39 is 0 Å². The van der Waals surface area contributed by atoms with Crippen LogP contribution in [0.15, 0.2) is 23.0 Å². The number of benzene rings is 1. The molecular formula is C13H15ClN2O2. The van der Waals surface area contributed by atoms with Crippen molar-refractivity contribution < 1.29 is 4.74 Å². The summed E-state index contributed by atoms with van der Waals surface area (Å²) < 4.78 is 5.38. The molecule has 0 saturated heterocycles. The lowest BCUT2D eigenvalue weighted by Gasteiger charge is -2.10. The lowest BCUT2D eigenvalue weighted by molar-refractivity contribution is 0.341. The third kappa shape index (κ3) is 2.35. The molecule has 4 nitrogen and oxygen atoms in total. The minimum absolute atomic E-state index is 0.178. The number of ether oxygens (including phenoxy) is 1. The van der Waals surface area contributed by atoms with Gasteiger partial charge in [0.1, 0.15) is 5.75 Å². The monoisotopic (exact) mass is 266 g/mol. The quantitative estimate of drug-likeness (QED) is 0.897. The highest BCUT2D eigenvalue weighted by Crippen LogP contribution is 2.29. The fraction of sp³-hybridized carbons (Fsp3) is 0.308. The zero-order valence-corrected chi connectivity index (χ0v) is 11.0. The van der Waals surface area contributed by atoms with Crippen LogP contribution in [0.25, 0.3) is 10.9 Å². The molecule has 1 atom stereocenters. The van der Waals surface area contributed by atoms with Gasteiger partial charge in [0.2, 0.25) is 0 Å². The summed E-state index contributed by atoms with van der Waals surface area (Å²) in [7, 11) is 0. The van der Waals surface area contributed by atoms with E-state index in [1.54, 1.807) is 25.1 Å². The summed E-state index contributed by atoms with van der Waals surface area (Å²) in [5.41, 5.74) is 6.80. The average molecular weight is 267 g/mol. The molecule has 1 heterocycles. The number of nitrogens with two attached hydrogens (primary N) is 1. The molecule has 1 unspecified atom stereocenters. The predicted molar refractivity (Wildman–Crippen MR) is 73.4 cm³/mol. The van der Waals surface area contributed by atoms with Gasteiger partial charge in [0.05, 0.1) is 17.1 Å². The predicted octanol–water partition coefficient (Wildman–Crippen LogP) is 2.60. The Bertz CT molecular complexity index is 635. The summed E-state index contributed by atoms with van der Waals surface area (Å²) >= 11 is 6.11. The van der Waals surface area contributed by atoms with Gasteiger partial charge in [0, 0.05) is 23.1 Å². The van der Waals surface area contributed by atoms with Crippen molar-refractivity contribution >= 4 is 22.5 Å². The van der Waals surface area contributed by atoms with Gasteiger partial charge < -0.3 is 15.5 Å². The van der Waals surface area contributed by atoms with Gasteiger partial charge in [-0.3, -0.25) is 4.79 Å². The van der Waals surface area contributed by atoms with Gasteiger partial charge >= 0.3 is 0 Å². The van der Waals surface area contributed by atoms with Crippen LogP contribution in [-0.2, 0) is 0 Å². The number of nitrogens with one attached hydrogen (secondary N) is 1. The molecule has 0 radical (unpaired) electrons. The smallest absolute Gasteiger partial charge is 0.253 e. The summed E-state index contributed by atoms with van der Waals surface area (Å²) in [5.74, 6) is 0.566. The number of pyridine rings is 1. The van der Waals surface area contributed by atoms with Crippen LogP contribution in [0.2, 0.25) is 5.02 Å². The van der Waals surface area contributed by atoms with E-state index in [9.17, 15) is 4.79 Å². The van der Waals surface area contributed by atoms with Gasteiger partial charge in [-0.2, -0.15) is 0 Å². The van der Waals surface area contributed by atoms with E-state index in [0.717, 1.165) is 5.39 Å². The highest BCUT2D eigenvalue weighted by Gasteiger charge is 2.10. The molecule has 0 spiro atoms. The number of hydrogen-bond acceptors (Lipinski definition) is 3. The van der Waals surface area contributed by atoms with Crippen LogP contribution in [-0.4, -0.2) is 11.6 Å². The number of aromatic amines is 1. The van der Waals surface area contributed by atoms with E-state index in [2.05, 4.69) is 4.98 Å². The summed E-state index contributed by atoms with van der Waals surface area (Å²) in [6, 6.07) is 4.95. The van der Waals surface area contributed by atoms with Crippen LogP contribution in [0.1, 0.15) is 25.5 Å². The fourth-order valence-electron chi connectivity index (χ4n) is 1.83. The minimum Gasteiger partial charge on any atom is -0.492 e. The molecule has 0 aliphatic heterocycles. The second-order valence-corrected chi connectivity index (χ2v) is 4.55. The molecule has 0 saturated carbocycles. The molecule has 96 valence electrons. The van der Waals surface area contributed by atoms with Crippen LogP contribution < -0.4 is 16.0 Å². The Balaban J connectivity index is 2.66. The van der Waals surface area contributed by atoms with E-state index in [1.807, 2.05) is 6.92 Å². The molecule has 5 heteroatoms. The molecule has 18 heavy (non-hydrogen) atoms. The first-order chi connectivity index (χ1) is 8.52. The molecule has 3 N–H and O–H groups in total. The standard InChI is InChI=1S/C13H15ClN2O2/c1-3-18-12-6-11-8(5-10(12)14)4-9(7(2)15)13(17)16-11/h4-7H,3,15H2,1-2H3,(H,16,17). The van der Waals surface area contributed by atoms with Crippen LogP contribution >= 0.6 is 11.6 Å². The van der Waals surface area contributed by atoms with E-state index in [0.29, 0.717) is 28.5 Å². The maximum Gasteiger partial charge on any atom is 0.253 e. The average Bonchev–Trinajstić information content (AvgIpc) is 2.30. The Hall–Kier alpha value is -1.52. The molecule has 1 aromatic heterocycles. The summed E-state index contributed by atoms with van der Waals surface area (Å²) in [4.78, 5) is 14.6. The Kier molecular flexibility index (Phi) is 3.59. The molecule has 2 aromatic rings. The second-order valence-electron chi connectivity index (χ2n) is 4.15. The number of fused-ring (bicyclic) bond motifs is 1. The van der Waals surface area contributed by atoms with E-state index in [1.165, 1.54) is 0 Å². The largest absolute Gasteiger partial charge is 0.492 e. The van der Waals surface area contributed by atoms with Crippen LogP contribution in [0.5, 0.6) is 5.75 Å². The molecule has 0 amide bonds. The number of hydrogen-bond donors (Lipinski definition) is 2. The van der Waals surface area contributed by atoms with Crippen molar-refractivity contribution in [3.8, 4) is 5.75 Å². The van der Waals surface area contributed by atoms with Crippen molar-refractivity contribution in [1.29, 1.82) is 0 Å². The Morgan fingerprint density at radius 3 is 2.78 bits per heavy atom. The van der Waals surface area contributed by atoms with Crippen molar-refractivity contribution in [2.75, 3.05) is 6.61 Å². The molecule has 0 aliphatic rings. The highest BCUT2D eigenvalue weighted by atomic mass is 35.5. The van der Waals surface area contributed by atoms with Crippen molar-refractivity contribution in [3.63, 3.8) is 0 Å². The molecular weight excluding hydrogens is 252 g/mol. The third-order valence-corrected chi connectivity index (χ3v) is 3.01. The molecule has 1 aromatic carbocycles. The Labute approximate surface area is 110 Å². The van der Waals surface area contributed by atoms with Gasteiger partial charge in [0.25, 0.3) is 5.56 Å². The van der Waals surface area contributed by atoms with Gasteiger partial charge in [-0.15, -0.1) is 0 Å². The van der Waals surface area contributed by atoms with Crippen molar-refractivity contribution in [3.05, 3.63) is 39.1 Å². The van der Waals surface area contributed by atoms with Gasteiger partial charge in [-0.05, 0) is 26.0 Å². The Morgan fingerprint density at radius 2 is 2.17 bits per heavy atom. The zero-order valence-electron chi connectivity index (χ0n) is 10.3. The lowest BCUT2D eigenvalue weighted by atomic mass is 10.1. The normalized spacial score (nSPS) is 12.7. The molecule has 0 bridgehead atoms. The summed E-state index contributed by atoms with van der Waals surface area (Å²) in [6.45, 7) is 4.17. The van der Waals surface area contributed by atoms with E-state index in [4.69, 9.17) is 22.1 Å². The molecule has 0 aliphatic carbocycles. The van der Waals surface area contributed by atoms with E-state index >= 15 is 0 Å². The van der Waals surface area contributed by atoms with Gasteiger partial charge in [-0.25, -0.2) is 0 Å². The molecule has 0 fully saturated rings. The minimum atomic E-state index is -0.316. The fourth-order valence-corrected chi connectivity index (χ4v) is 2.06. The van der Waals surface area contributed by atoms with Crippen molar-refractivity contribution in [2.24, 2.45) is 5.73 Å². The van der Waals surface area contributed by atoms with Crippen molar-refractivity contribution in [1.82, 2.24) is 4.98 Å². The first kappa shape index (κ1) is 12.9. The topological polar surface area (TPSA) is 68.1 Å². The van der Waals surface area contributed by atoms with Gasteiger partial charge in [-0.1, -0.05) is 11.6 Å².